The molecule has 0 aromatic heterocycles. The van der Waals surface area contributed by atoms with Crippen molar-refractivity contribution in [2.24, 2.45) is 0 Å². The van der Waals surface area contributed by atoms with E-state index in [2.05, 4.69) is 0 Å². The molecule has 1 aromatic rings. The summed E-state index contributed by atoms with van der Waals surface area (Å²) in [5.74, 6) is -2.98. The fourth-order valence-electron chi connectivity index (χ4n) is 2.11. The van der Waals surface area contributed by atoms with Gasteiger partial charge in [0, 0.05) is 12.8 Å². The van der Waals surface area contributed by atoms with Gasteiger partial charge in [0.15, 0.2) is 0 Å². The Morgan fingerprint density at radius 1 is 1.25 bits per heavy atom. The quantitative estimate of drug-likeness (QED) is 0.701. The molecule has 2 rings (SSSR count). The first-order chi connectivity index (χ1) is 7.39. The van der Waals surface area contributed by atoms with E-state index in [-0.39, 0.29) is 30.5 Å². The van der Waals surface area contributed by atoms with Gasteiger partial charge in [0.25, 0.3) is 0 Å². The second kappa shape index (κ2) is 3.79. The zero-order valence-corrected chi connectivity index (χ0v) is 9.43. The van der Waals surface area contributed by atoms with Gasteiger partial charge in [0.2, 0.25) is 5.92 Å². The molecule has 0 atom stereocenters. The van der Waals surface area contributed by atoms with Gasteiger partial charge in [-0.3, -0.25) is 0 Å². The highest BCUT2D eigenvalue weighted by molar-refractivity contribution is 5.30. The Labute approximate surface area is 93.5 Å². The maximum absolute atomic E-state index is 13.7. The molecule has 0 spiro atoms. The molecule has 0 bridgehead atoms. The maximum atomic E-state index is 13.7. The van der Waals surface area contributed by atoms with Crippen LogP contribution in [0.25, 0.3) is 0 Å². The first-order valence-electron chi connectivity index (χ1n) is 5.56. The van der Waals surface area contributed by atoms with Crippen LogP contribution in [0.15, 0.2) is 18.2 Å². The highest BCUT2D eigenvalue weighted by atomic mass is 19.3. The standard InChI is InChI=1S/C13H15F3/c1-8(2)9-3-4-11(12(14)5-9)10-6-13(15,16)7-10/h3-5,8,10H,6-7H2,1-2H3. The molecular formula is C13H15F3. The number of benzene rings is 1. The van der Waals surface area contributed by atoms with Crippen molar-refractivity contribution in [3.05, 3.63) is 35.1 Å². The van der Waals surface area contributed by atoms with Gasteiger partial charge in [-0.05, 0) is 29.0 Å². The summed E-state index contributed by atoms with van der Waals surface area (Å²) in [5, 5.41) is 0. The molecule has 88 valence electrons. The predicted molar refractivity (Wildman–Crippen MR) is 57.4 cm³/mol. The lowest BCUT2D eigenvalue weighted by molar-refractivity contribution is -0.0873. The summed E-state index contributed by atoms with van der Waals surface area (Å²) in [6.45, 7) is 3.96. The normalized spacial score (nSPS) is 19.9. The molecule has 0 unspecified atom stereocenters. The largest absolute Gasteiger partial charge is 0.249 e. The number of rotatable bonds is 2. The monoisotopic (exact) mass is 228 g/mol. The average Bonchev–Trinajstić information content (AvgIpc) is 2.13. The summed E-state index contributed by atoms with van der Waals surface area (Å²) >= 11 is 0. The summed E-state index contributed by atoms with van der Waals surface area (Å²) in [6, 6.07) is 4.96. The van der Waals surface area contributed by atoms with Gasteiger partial charge in [0.1, 0.15) is 5.82 Å². The Balaban J connectivity index is 2.18. The van der Waals surface area contributed by atoms with Crippen LogP contribution in [0.4, 0.5) is 13.2 Å². The van der Waals surface area contributed by atoms with Crippen molar-refractivity contribution in [2.75, 3.05) is 0 Å². The van der Waals surface area contributed by atoms with Crippen LogP contribution in [-0.2, 0) is 0 Å². The van der Waals surface area contributed by atoms with Crippen LogP contribution in [0.1, 0.15) is 49.7 Å². The summed E-state index contributed by atoms with van der Waals surface area (Å²) in [5.41, 5.74) is 1.35. The van der Waals surface area contributed by atoms with E-state index in [4.69, 9.17) is 0 Å². The Morgan fingerprint density at radius 3 is 2.31 bits per heavy atom. The second-order valence-corrected chi connectivity index (χ2v) is 4.90. The lowest BCUT2D eigenvalue weighted by Crippen LogP contribution is -2.34. The minimum Gasteiger partial charge on any atom is -0.207 e. The van der Waals surface area contributed by atoms with Crippen LogP contribution in [0, 0.1) is 5.82 Å². The zero-order chi connectivity index (χ0) is 11.9. The van der Waals surface area contributed by atoms with Crippen molar-refractivity contribution in [3.63, 3.8) is 0 Å². The highest BCUT2D eigenvalue weighted by Crippen LogP contribution is 2.48. The third-order valence-electron chi connectivity index (χ3n) is 3.22. The molecule has 1 saturated carbocycles. The van der Waals surface area contributed by atoms with E-state index in [1.807, 2.05) is 19.9 Å². The smallest absolute Gasteiger partial charge is 0.207 e. The van der Waals surface area contributed by atoms with Gasteiger partial charge in [-0.15, -0.1) is 0 Å². The lowest BCUT2D eigenvalue weighted by atomic mass is 9.76. The van der Waals surface area contributed by atoms with Crippen molar-refractivity contribution in [1.29, 1.82) is 0 Å². The molecule has 1 aromatic carbocycles. The Bertz CT molecular complexity index is 388. The molecule has 0 saturated heterocycles. The van der Waals surface area contributed by atoms with Gasteiger partial charge >= 0.3 is 0 Å². The molecule has 0 N–H and O–H groups in total. The van der Waals surface area contributed by atoms with Gasteiger partial charge in [-0.1, -0.05) is 26.0 Å². The predicted octanol–water partition coefficient (Wildman–Crippen LogP) is 4.46. The molecule has 16 heavy (non-hydrogen) atoms. The molecule has 0 amide bonds. The van der Waals surface area contributed by atoms with Crippen LogP contribution in [-0.4, -0.2) is 5.92 Å². The Morgan fingerprint density at radius 2 is 1.88 bits per heavy atom. The van der Waals surface area contributed by atoms with Crippen molar-refractivity contribution < 1.29 is 13.2 Å². The van der Waals surface area contributed by atoms with Gasteiger partial charge < -0.3 is 0 Å². The number of halogens is 3. The summed E-state index contributed by atoms with van der Waals surface area (Å²) < 4.78 is 39.1. The van der Waals surface area contributed by atoms with Gasteiger partial charge in [-0.25, -0.2) is 13.2 Å². The van der Waals surface area contributed by atoms with E-state index < -0.39 is 5.92 Å². The third-order valence-corrected chi connectivity index (χ3v) is 3.22. The summed E-state index contributed by atoms with van der Waals surface area (Å²) in [7, 11) is 0. The SMILES string of the molecule is CC(C)c1ccc(C2CC(F)(F)C2)c(F)c1. The van der Waals surface area contributed by atoms with Crippen LogP contribution in [0.2, 0.25) is 0 Å². The van der Waals surface area contributed by atoms with Crippen LogP contribution >= 0.6 is 0 Å². The minimum atomic E-state index is -2.59. The summed E-state index contributed by atoms with van der Waals surface area (Å²) in [4.78, 5) is 0. The van der Waals surface area contributed by atoms with Crippen LogP contribution in [0.3, 0.4) is 0 Å². The summed E-state index contributed by atoms with van der Waals surface area (Å²) in [6.07, 6.45) is -0.435. The second-order valence-electron chi connectivity index (χ2n) is 4.90. The average molecular weight is 228 g/mol. The Hall–Kier alpha value is -0.990. The maximum Gasteiger partial charge on any atom is 0.249 e. The molecule has 0 aliphatic heterocycles. The molecule has 3 heteroatoms. The van der Waals surface area contributed by atoms with Crippen molar-refractivity contribution in [3.8, 4) is 0 Å². The molecule has 1 aliphatic rings. The zero-order valence-electron chi connectivity index (χ0n) is 9.43. The van der Waals surface area contributed by atoms with Crippen molar-refractivity contribution >= 4 is 0 Å². The Kier molecular flexibility index (Phi) is 2.72. The van der Waals surface area contributed by atoms with Gasteiger partial charge in [0.05, 0.1) is 0 Å². The molecule has 1 aliphatic carbocycles. The molecule has 0 radical (unpaired) electrons. The van der Waals surface area contributed by atoms with E-state index in [9.17, 15) is 13.2 Å². The first-order valence-corrected chi connectivity index (χ1v) is 5.56. The van der Waals surface area contributed by atoms with Crippen LogP contribution < -0.4 is 0 Å². The van der Waals surface area contributed by atoms with E-state index >= 15 is 0 Å². The number of alkyl halides is 2. The van der Waals surface area contributed by atoms with E-state index in [1.165, 1.54) is 6.07 Å². The third kappa shape index (κ3) is 2.08. The van der Waals surface area contributed by atoms with Crippen LogP contribution in [0.5, 0.6) is 0 Å². The molecule has 1 fully saturated rings. The van der Waals surface area contributed by atoms with E-state index in [1.54, 1.807) is 6.07 Å². The van der Waals surface area contributed by atoms with Crippen molar-refractivity contribution in [2.45, 2.75) is 44.4 Å². The molecule has 0 heterocycles. The topological polar surface area (TPSA) is 0 Å². The van der Waals surface area contributed by atoms with Gasteiger partial charge in [-0.2, -0.15) is 0 Å². The molecule has 0 nitrogen and oxygen atoms in total. The number of hydrogen-bond donors (Lipinski definition) is 0. The first kappa shape index (κ1) is 11.5. The molecular weight excluding hydrogens is 213 g/mol. The lowest BCUT2D eigenvalue weighted by Gasteiger charge is -2.35. The van der Waals surface area contributed by atoms with E-state index in [0.29, 0.717) is 5.56 Å². The fraction of sp³-hybridized carbons (Fsp3) is 0.538. The number of hydrogen-bond acceptors (Lipinski definition) is 0. The van der Waals surface area contributed by atoms with E-state index in [0.717, 1.165) is 5.56 Å². The fourth-order valence-corrected chi connectivity index (χ4v) is 2.11. The van der Waals surface area contributed by atoms with Crippen molar-refractivity contribution in [1.82, 2.24) is 0 Å². The highest BCUT2D eigenvalue weighted by Gasteiger charge is 2.46. The minimum absolute atomic E-state index is 0.217.